The Morgan fingerprint density at radius 1 is 0.619 bits per heavy atom. The number of aromatic nitrogens is 2. The predicted molar refractivity (Wildman–Crippen MR) is 395 cm³/mol. The van der Waals surface area contributed by atoms with Crippen LogP contribution in [0.5, 0.6) is 0 Å². The minimum Gasteiger partial charge on any atom is -0.481 e. The molecule has 1 saturated heterocycles. The van der Waals surface area contributed by atoms with Crippen molar-refractivity contribution in [3.05, 3.63) is 107 Å². The number of benzene rings is 3. The fourth-order valence-corrected chi connectivity index (χ4v) is 14.6. The van der Waals surface area contributed by atoms with Crippen molar-refractivity contribution in [2.75, 3.05) is 18.1 Å². The maximum atomic E-state index is 15.4. The number of fused-ring (bicyclic) bond motifs is 4. The normalized spacial score (nSPS) is 20.4. The highest BCUT2D eigenvalue weighted by Crippen LogP contribution is 2.26. The largest absolute Gasteiger partial charge is 0.481 e. The summed E-state index contributed by atoms with van der Waals surface area (Å²) < 4.78 is 0. The quantitative estimate of drug-likeness (QED) is 0.0342. The second-order valence-electron chi connectivity index (χ2n) is 27.6. The summed E-state index contributed by atoms with van der Waals surface area (Å²) >= 11 is 2.60. The minimum atomic E-state index is -1.64. The molecule has 3 aromatic carbocycles. The van der Waals surface area contributed by atoms with Crippen molar-refractivity contribution in [3.8, 4) is 0 Å². The van der Waals surface area contributed by atoms with Crippen molar-refractivity contribution in [1.82, 2.24) is 68.0 Å². The van der Waals surface area contributed by atoms with Crippen LogP contribution in [0.15, 0.2) is 85.2 Å². The van der Waals surface area contributed by atoms with Gasteiger partial charge < -0.3 is 84.0 Å². The standard InChI is InChI=1S/C73H98N14O16S2/c1-9-40(6)62-72(102)84-57(63(74)93)36-104-34-43-16-14-17-44(28-43)35-105-37-58(70(100)77-41(7)64(94)80-53(27-39(4)5)69(99)86-62)85-66(96)52(26-38(2)3)81-65(95)51(23-24-60(89)90)79-71(101)59-22-15-25-87(59)73(103)56(30-46-33-76-50-21-13-11-19-48(46)50)83-67(97)54(29-45-32-75-49-20-12-10-18-47(45)49)82-68(98)55(31-61(91)92)78-42(8)88/h10-14,16-21,28,32-33,38-41,51-59,62,75-76H,9,15,22-27,29-31,34-37H2,1-8H3,(H2,74,93)(H,77,100)(H,78,88)(H,79,101)(H,80,94)(H,81,95)(H,82,98)(H,83,97)(H,84,102)(H,85,96)(H,86,99)(H,89,90)(H,91,92)/t40-,41-,51-,52-,53-,54-,55-,56-,57-,58-,59-,62-/m0/s1. The molecule has 2 aliphatic heterocycles. The van der Waals surface area contributed by atoms with E-state index in [2.05, 4.69) is 63.1 Å². The Hall–Kier alpha value is -9.98. The number of aromatic amines is 2. The zero-order chi connectivity index (χ0) is 76.8. The number of H-pyrrole nitrogens is 2. The van der Waals surface area contributed by atoms with E-state index in [4.69, 9.17) is 5.73 Å². The number of amides is 12. The molecule has 0 spiro atoms. The van der Waals surface area contributed by atoms with Crippen LogP contribution in [-0.2, 0) is 91.5 Å². The van der Waals surface area contributed by atoms with Gasteiger partial charge in [-0.15, -0.1) is 0 Å². The van der Waals surface area contributed by atoms with Crippen molar-refractivity contribution in [2.45, 2.75) is 198 Å². The number of carbonyl (C=O) groups excluding carboxylic acids is 12. The lowest BCUT2D eigenvalue weighted by molar-refractivity contribution is -0.143. The lowest BCUT2D eigenvalue weighted by Gasteiger charge is -2.31. The van der Waals surface area contributed by atoms with E-state index >= 15 is 4.79 Å². The molecule has 0 saturated carbocycles. The zero-order valence-electron chi connectivity index (χ0n) is 60.2. The van der Waals surface area contributed by atoms with Crippen LogP contribution in [0.3, 0.4) is 0 Å². The molecule has 105 heavy (non-hydrogen) atoms. The van der Waals surface area contributed by atoms with Crippen LogP contribution >= 0.6 is 23.5 Å². The number of nitrogens with zero attached hydrogens (tertiary/aromatic N) is 1. The van der Waals surface area contributed by atoms with Crippen molar-refractivity contribution >= 4 is 128 Å². The third kappa shape index (κ3) is 24.3. The maximum absolute atomic E-state index is 15.4. The van der Waals surface area contributed by atoms with E-state index in [1.165, 1.54) is 35.3 Å². The van der Waals surface area contributed by atoms with Gasteiger partial charge >= 0.3 is 11.9 Å². The number of carboxylic acid groups (broad SMARTS) is 2. The minimum absolute atomic E-state index is 0.0269. The third-order valence-electron chi connectivity index (χ3n) is 18.3. The monoisotopic (exact) mass is 1490 g/mol. The van der Waals surface area contributed by atoms with Crippen molar-refractivity contribution < 1.29 is 77.3 Å². The first-order valence-electron chi connectivity index (χ1n) is 35.3. The third-order valence-corrected chi connectivity index (χ3v) is 20.5. The number of nitrogens with one attached hydrogen (secondary N) is 12. The van der Waals surface area contributed by atoms with Gasteiger partial charge in [-0.1, -0.05) is 109 Å². The fourth-order valence-electron chi connectivity index (χ4n) is 12.6. The summed E-state index contributed by atoms with van der Waals surface area (Å²) in [5.74, 6) is -12.7. The number of carbonyl (C=O) groups is 14. The average Bonchev–Trinajstić information content (AvgIpc) is 1.71. The topological polar surface area (TPSA) is 461 Å². The number of hydrogen-bond acceptors (Lipinski definition) is 16. The Bertz CT molecular complexity index is 3960. The highest BCUT2D eigenvalue weighted by molar-refractivity contribution is 7.98. The van der Waals surface area contributed by atoms with Crippen LogP contribution < -0.4 is 58.9 Å². The second-order valence-corrected chi connectivity index (χ2v) is 29.7. The van der Waals surface area contributed by atoms with E-state index in [1.54, 1.807) is 81.7 Å². The molecule has 5 aromatic rings. The van der Waals surface area contributed by atoms with E-state index < -0.39 is 174 Å². The molecule has 0 unspecified atom stereocenters. The second kappa shape index (κ2) is 39.2. The van der Waals surface area contributed by atoms with E-state index in [0.717, 1.165) is 18.1 Å². The number of thioether (sulfide) groups is 2. The average molecular weight is 1490 g/mol. The van der Waals surface area contributed by atoms with Gasteiger partial charge in [0, 0.05) is 89.9 Å². The van der Waals surface area contributed by atoms with Crippen LogP contribution in [0.25, 0.3) is 21.8 Å². The Morgan fingerprint density at radius 3 is 1.78 bits per heavy atom. The van der Waals surface area contributed by atoms with Crippen LogP contribution in [-0.4, -0.2) is 192 Å². The summed E-state index contributed by atoms with van der Waals surface area (Å²) in [6.07, 6.45) is 1.78. The molecule has 2 aromatic heterocycles. The van der Waals surface area contributed by atoms with Gasteiger partial charge in [0.05, 0.1) is 6.42 Å². The van der Waals surface area contributed by atoms with Crippen LogP contribution in [0.4, 0.5) is 0 Å². The Balaban J connectivity index is 1.14. The summed E-state index contributed by atoms with van der Waals surface area (Å²) in [6.45, 7) is 13.2. The predicted octanol–water partition coefficient (Wildman–Crippen LogP) is 2.46. The number of rotatable bonds is 28. The molecule has 0 radical (unpaired) electrons. The molecule has 0 aliphatic carbocycles. The first kappa shape index (κ1) is 82.3. The van der Waals surface area contributed by atoms with Gasteiger partial charge in [-0.05, 0) is 91.2 Å². The highest BCUT2D eigenvalue weighted by atomic mass is 32.2. The van der Waals surface area contributed by atoms with Gasteiger partial charge in [0.15, 0.2) is 0 Å². The lowest BCUT2D eigenvalue weighted by Crippen LogP contribution is -2.61. The maximum Gasteiger partial charge on any atom is 0.305 e. The van der Waals surface area contributed by atoms with Gasteiger partial charge in [0.1, 0.15) is 66.5 Å². The number of nitrogens with two attached hydrogens (primary N) is 1. The van der Waals surface area contributed by atoms with E-state index in [-0.39, 0.29) is 68.4 Å². The molecule has 30 nitrogen and oxygen atoms in total. The van der Waals surface area contributed by atoms with Crippen LogP contribution in [0.2, 0.25) is 0 Å². The molecule has 2 bridgehead atoms. The molecule has 7 rings (SSSR count). The number of likely N-dealkylation sites (tertiary alicyclic amines) is 1. The molecule has 12 atom stereocenters. The molecular weight excluding hydrogens is 1390 g/mol. The molecule has 2 aliphatic rings. The van der Waals surface area contributed by atoms with Crippen LogP contribution in [0.1, 0.15) is 129 Å². The summed E-state index contributed by atoms with van der Waals surface area (Å²) in [5.41, 5.74) is 10.00. The van der Waals surface area contributed by atoms with Crippen molar-refractivity contribution in [3.63, 3.8) is 0 Å². The fraction of sp³-hybridized carbons (Fsp3) is 0.507. The number of hydrogen-bond donors (Lipinski definition) is 15. The van der Waals surface area contributed by atoms with E-state index in [1.807, 2.05) is 45.0 Å². The van der Waals surface area contributed by atoms with Gasteiger partial charge in [0.25, 0.3) is 0 Å². The number of primary amides is 1. The van der Waals surface area contributed by atoms with Crippen molar-refractivity contribution in [2.24, 2.45) is 23.5 Å². The van der Waals surface area contributed by atoms with Gasteiger partial charge in [-0.2, -0.15) is 23.5 Å². The van der Waals surface area contributed by atoms with E-state index in [9.17, 15) is 72.5 Å². The molecule has 1 fully saturated rings. The summed E-state index contributed by atoms with van der Waals surface area (Å²) in [7, 11) is 0. The molecular formula is C73H98N14O16S2. The Labute approximate surface area is 617 Å². The molecule has 4 heterocycles. The SMILES string of the molecule is CC[C@H](C)[C@@H]1NC(=O)[C@H](CC(C)C)NC(=O)[C@H](C)NC(=O)[C@@H](NC(=O)[C@H](CC(C)C)NC(=O)[C@H](CCC(=O)O)NC(=O)[C@@H]2CCCN2C(=O)[C@H](Cc2c[nH]c3ccccc23)NC(=O)[C@H](Cc2c[nH]c3ccccc23)NC(=O)[C@H](CC(=O)O)NC(C)=O)CSCc2cccc(c2)CSC[C@@H](C(N)=O)NC1=O. The molecule has 16 N–H and O–H groups in total. The zero-order valence-corrected chi connectivity index (χ0v) is 61.9. The summed E-state index contributed by atoms with van der Waals surface area (Å²) in [4.78, 5) is 202. The smallest absolute Gasteiger partial charge is 0.305 e. The van der Waals surface area contributed by atoms with Gasteiger partial charge in [-0.25, -0.2) is 0 Å². The molecule has 12 amide bonds. The molecule has 32 heteroatoms. The Morgan fingerprint density at radius 2 is 1.20 bits per heavy atom. The van der Waals surface area contributed by atoms with Gasteiger partial charge in [-0.3, -0.25) is 67.1 Å². The first-order valence-corrected chi connectivity index (χ1v) is 37.6. The number of para-hydroxylation sites is 2. The highest BCUT2D eigenvalue weighted by Gasteiger charge is 2.42. The molecule has 568 valence electrons. The van der Waals surface area contributed by atoms with Crippen LogP contribution in [0, 0.1) is 17.8 Å². The number of carboxylic acids is 2. The summed E-state index contributed by atoms with van der Waals surface area (Å²) in [5, 5.41) is 47.8. The number of aliphatic carboxylic acids is 2. The Kier molecular flexibility index (Phi) is 30.7. The summed E-state index contributed by atoms with van der Waals surface area (Å²) in [6, 6.07) is 6.74. The van der Waals surface area contributed by atoms with Crippen molar-refractivity contribution in [1.29, 1.82) is 0 Å². The van der Waals surface area contributed by atoms with Gasteiger partial charge in [0.2, 0.25) is 70.9 Å². The van der Waals surface area contributed by atoms with E-state index in [0.29, 0.717) is 50.9 Å². The first-order chi connectivity index (χ1) is 49.9. The lowest BCUT2D eigenvalue weighted by atomic mass is 9.96.